The van der Waals surface area contributed by atoms with Crippen LogP contribution >= 0.6 is 11.3 Å². The first-order valence-electron chi connectivity index (χ1n) is 6.04. The molecule has 2 unspecified atom stereocenters. The molecule has 2 aromatic rings. The molecule has 1 aromatic heterocycles. The molecule has 1 heterocycles. The van der Waals surface area contributed by atoms with Gasteiger partial charge in [0.1, 0.15) is 0 Å². The zero-order valence-electron chi connectivity index (χ0n) is 10.4. The van der Waals surface area contributed by atoms with E-state index < -0.39 is 6.04 Å². The first-order valence-corrected chi connectivity index (χ1v) is 6.92. The second kappa shape index (κ2) is 5.94. The predicted molar refractivity (Wildman–Crippen MR) is 75.9 cm³/mol. The minimum atomic E-state index is -0.436. The lowest BCUT2D eigenvalue weighted by Crippen LogP contribution is -2.36. The van der Waals surface area contributed by atoms with Gasteiger partial charge in [-0.1, -0.05) is 43.3 Å². The summed E-state index contributed by atoms with van der Waals surface area (Å²) in [5, 5.41) is 1.98. The number of carbonyl (C=O) groups is 1. The summed E-state index contributed by atoms with van der Waals surface area (Å²) in [6.07, 6.45) is 0.440. The number of thiophene rings is 1. The smallest absolute Gasteiger partial charge is 0.155 e. The molecule has 0 saturated heterocycles. The van der Waals surface area contributed by atoms with Crippen LogP contribution in [0.5, 0.6) is 0 Å². The molecule has 2 atom stereocenters. The lowest BCUT2D eigenvalue weighted by atomic mass is 9.90. The van der Waals surface area contributed by atoms with E-state index in [2.05, 4.69) is 0 Å². The Balaban J connectivity index is 2.02. The fourth-order valence-corrected chi connectivity index (χ4v) is 2.66. The largest absolute Gasteiger partial charge is 0.321 e. The zero-order valence-corrected chi connectivity index (χ0v) is 11.2. The molecule has 0 aliphatic heterocycles. The van der Waals surface area contributed by atoms with E-state index in [4.69, 9.17) is 5.73 Å². The highest BCUT2D eigenvalue weighted by molar-refractivity contribution is 7.10. The van der Waals surface area contributed by atoms with Crippen LogP contribution in [-0.2, 0) is 11.2 Å². The summed E-state index contributed by atoms with van der Waals surface area (Å²) in [5.74, 6) is 0.160. The summed E-state index contributed by atoms with van der Waals surface area (Å²) in [7, 11) is 0. The third-order valence-corrected chi connectivity index (χ3v) is 4.04. The van der Waals surface area contributed by atoms with Crippen LogP contribution in [0.15, 0.2) is 47.8 Å². The van der Waals surface area contributed by atoms with E-state index >= 15 is 0 Å². The van der Waals surface area contributed by atoms with Crippen molar-refractivity contribution in [3.63, 3.8) is 0 Å². The molecule has 94 valence electrons. The van der Waals surface area contributed by atoms with Gasteiger partial charge >= 0.3 is 0 Å². The van der Waals surface area contributed by atoms with Gasteiger partial charge in [0.25, 0.3) is 0 Å². The molecular formula is C15H17NOS. The topological polar surface area (TPSA) is 43.1 Å². The molecule has 3 heteroatoms. The normalized spacial score (nSPS) is 14.1. The number of hydrogen-bond donors (Lipinski definition) is 1. The van der Waals surface area contributed by atoms with Crippen molar-refractivity contribution in [2.24, 2.45) is 5.73 Å². The Morgan fingerprint density at radius 2 is 1.94 bits per heavy atom. The van der Waals surface area contributed by atoms with Crippen molar-refractivity contribution in [2.45, 2.75) is 25.3 Å². The Labute approximate surface area is 111 Å². The minimum absolute atomic E-state index is 0.0543. The first kappa shape index (κ1) is 13.0. The Bertz CT molecular complexity index is 492. The van der Waals surface area contributed by atoms with Gasteiger partial charge < -0.3 is 5.73 Å². The predicted octanol–water partition coefficient (Wildman–Crippen LogP) is 2.99. The summed E-state index contributed by atoms with van der Waals surface area (Å²) >= 11 is 1.60. The molecule has 0 aliphatic carbocycles. The second-order valence-corrected chi connectivity index (χ2v) is 5.48. The molecule has 2 N–H and O–H groups in total. The van der Waals surface area contributed by atoms with Crippen molar-refractivity contribution in [2.75, 3.05) is 0 Å². The molecule has 0 amide bonds. The van der Waals surface area contributed by atoms with Gasteiger partial charge in [0.05, 0.1) is 6.04 Å². The Hall–Kier alpha value is -1.45. The number of rotatable bonds is 5. The second-order valence-electron chi connectivity index (χ2n) is 4.45. The van der Waals surface area contributed by atoms with Crippen molar-refractivity contribution in [1.82, 2.24) is 0 Å². The number of hydrogen-bond acceptors (Lipinski definition) is 3. The van der Waals surface area contributed by atoms with Crippen molar-refractivity contribution in [3.8, 4) is 0 Å². The minimum Gasteiger partial charge on any atom is -0.321 e. The molecule has 2 nitrogen and oxygen atoms in total. The van der Waals surface area contributed by atoms with Gasteiger partial charge in [-0.25, -0.2) is 0 Å². The van der Waals surface area contributed by atoms with Crippen LogP contribution < -0.4 is 5.73 Å². The van der Waals surface area contributed by atoms with E-state index in [0.717, 1.165) is 10.4 Å². The van der Waals surface area contributed by atoms with Gasteiger partial charge in [0, 0.05) is 17.2 Å². The standard InChI is InChI=1S/C15H17NOS/c1-11(12-6-3-2-4-7-12)15(16)14(17)10-13-8-5-9-18-13/h2-9,11,15H,10,16H2,1H3. The number of nitrogens with two attached hydrogens (primary N) is 1. The zero-order chi connectivity index (χ0) is 13.0. The van der Waals surface area contributed by atoms with Crippen LogP contribution in [0.2, 0.25) is 0 Å². The van der Waals surface area contributed by atoms with Crippen LogP contribution in [-0.4, -0.2) is 11.8 Å². The van der Waals surface area contributed by atoms with Crippen LogP contribution in [0.1, 0.15) is 23.3 Å². The van der Waals surface area contributed by atoms with Crippen LogP contribution in [0.25, 0.3) is 0 Å². The van der Waals surface area contributed by atoms with Gasteiger partial charge in [-0.3, -0.25) is 4.79 Å². The maximum Gasteiger partial charge on any atom is 0.155 e. The lowest BCUT2D eigenvalue weighted by molar-refractivity contribution is -0.120. The molecule has 1 aromatic carbocycles. The number of Topliss-reactive ketones (excluding diaryl/α,β-unsaturated/α-hetero) is 1. The van der Waals surface area contributed by atoms with Crippen molar-refractivity contribution >= 4 is 17.1 Å². The van der Waals surface area contributed by atoms with Crippen LogP contribution in [0.4, 0.5) is 0 Å². The van der Waals surface area contributed by atoms with Gasteiger partial charge in [0.15, 0.2) is 5.78 Å². The summed E-state index contributed by atoms with van der Waals surface area (Å²) in [6, 6.07) is 13.4. The third-order valence-electron chi connectivity index (χ3n) is 3.16. The van der Waals surface area contributed by atoms with E-state index in [-0.39, 0.29) is 11.7 Å². The molecule has 0 aliphatic rings. The van der Waals surface area contributed by atoms with Crippen molar-refractivity contribution < 1.29 is 4.79 Å². The van der Waals surface area contributed by atoms with Crippen molar-refractivity contribution in [1.29, 1.82) is 0 Å². The monoisotopic (exact) mass is 259 g/mol. The van der Waals surface area contributed by atoms with E-state index in [1.165, 1.54) is 0 Å². The molecule has 0 radical (unpaired) electrons. The van der Waals surface area contributed by atoms with E-state index in [1.807, 2.05) is 54.8 Å². The molecule has 0 fully saturated rings. The van der Waals surface area contributed by atoms with E-state index in [9.17, 15) is 4.79 Å². The average Bonchev–Trinajstić information content (AvgIpc) is 2.91. The van der Waals surface area contributed by atoms with Gasteiger partial charge in [-0.15, -0.1) is 11.3 Å². The number of ketones is 1. The highest BCUT2D eigenvalue weighted by Crippen LogP contribution is 2.20. The molecule has 0 saturated carbocycles. The Kier molecular flexibility index (Phi) is 4.28. The summed E-state index contributed by atoms with van der Waals surface area (Å²) in [4.78, 5) is 13.2. The van der Waals surface area contributed by atoms with Gasteiger partial charge in [0.2, 0.25) is 0 Å². The summed E-state index contributed by atoms with van der Waals surface area (Å²) in [5.41, 5.74) is 7.18. The molecule has 18 heavy (non-hydrogen) atoms. The first-order chi connectivity index (χ1) is 8.68. The van der Waals surface area contributed by atoms with E-state index in [1.54, 1.807) is 11.3 Å². The third kappa shape index (κ3) is 3.06. The van der Waals surface area contributed by atoms with Crippen molar-refractivity contribution in [3.05, 3.63) is 58.3 Å². The van der Waals surface area contributed by atoms with Gasteiger partial charge in [-0.05, 0) is 17.0 Å². The molecule has 2 rings (SSSR count). The average molecular weight is 259 g/mol. The fraction of sp³-hybridized carbons (Fsp3) is 0.267. The van der Waals surface area contributed by atoms with Crippen LogP contribution in [0.3, 0.4) is 0 Å². The maximum atomic E-state index is 12.1. The Morgan fingerprint density at radius 1 is 1.22 bits per heavy atom. The highest BCUT2D eigenvalue weighted by Gasteiger charge is 2.22. The molecule has 0 bridgehead atoms. The summed E-state index contributed by atoms with van der Waals surface area (Å²) in [6.45, 7) is 2.01. The SMILES string of the molecule is CC(c1ccccc1)C(N)C(=O)Cc1cccs1. The lowest BCUT2D eigenvalue weighted by Gasteiger charge is -2.18. The van der Waals surface area contributed by atoms with Crippen LogP contribution in [0, 0.1) is 0 Å². The van der Waals surface area contributed by atoms with E-state index in [0.29, 0.717) is 6.42 Å². The highest BCUT2D eigenvalue weighted by atomic mass is 32.1. The number of carbonyl (C=O) groups excluding carboxylic acids is 1. The maximum absolute atomic E-state index is 12.1. The quantitative estimate of drug-likeness (QED) is 0.897. The molecular weight excluding hydrogens is 242 g/mol. The molecule has 0 spiro atoms. The van der Waals surface area contributed by atoms with Gasteiger partial charge in [-0.2, -0.15) is 0 Å². The Morgan fingerprint density at radius 3 is 2.56 bits per heavy atom. The summed E-state index contributed by atoms with van der Waals surface area (Å²) < 4.78 is 0. The fourth-order valence-electron chi connectivity index (χ4n) is 1.95. The number of benzene rings is 1.